The summed E-state index contributed by atoms with van der Waals surface area (Å²) in [5, 5.41) is 19.5. The van der Waals surface area contributed by atoms with Crippen LogP contribution in [0.2, 0.25) is 0 Å². The highest BCUT2D eigenvalue weighted by Gasteiger charge is 2.22. The first-order chi connectivity index (χ1) is 7.29. The van der Waals surface area contributed by atoms with Gasteiger partial charge in [0.25, 0.3) is 0 Å². The highest BCUT2D eigenvalue weighted by molar-refractivity contribution is 5.34. The topological polar surface area (TPSA) is 40.5 Å². The van der Waals surface area contributed by atoms with E-state index in [1.165, 1.54) is 19.3 Å². The first kappa shape index (κ1) is 10.5. The maximum Gasteiger partial charge on any atom is 0.129 e. The van der Waals surface area contributed by atoms with Crippen LogP contribution in [0.4, 0.5) is 0 Å². The van der Waals surface area contributed by atoms with Gasteiger partial charge in [-0.05, 0) is 30.4 Å². The van der Waals surface area contributed by atoms with E-state index < -0.39 is 6.10 Å². The molecule has 0 bridgehead atoms. The van der Waals surface area contributed by atoms with Gasteiger partial charge in [0, 0.05) is 0 Å². The Morgan fingerprint density at radius 2 is 1.80 bits per heavy atom. The van der Waals surface area contributed by atoms with E-state index in [2.05, 4.69) is 0 Å². The van der Waals surface area contributed by atoms with Crippen LogP contribution in [0.3, 0.4) is 0 Å². The van der Waals surface area contributed by atoms with Crippen LogP contribution in [-0.2, 0) is 0 Å². The van der Waals surface area contributed by atoms with E-state index >= 15 is 0 Å². The zero-order chi connectivity index (χ0) is 10.7. The number of hydrogen-bond acceptors (Lipinski definition) is 2. The number of allylic oxidation sites excluding steroid dienone is 4. The molecule has 2 rings (SSSR count). The molecule has 0 aromatic carbocycles. The van der Waals surface area contributed by atoms with Crippen LogP contribution in [-0.4, -0.2) is 16.3 Å². The monoisotopic (exact) mass is 206 g/mol. The molecule has 0 aromatic rings. The Bertz CT molecular complexity index is 306. The zero-order valence-electron chi connectivity index (χ0n) is 8.89. The minimum absolute atomic E-state index is 0.145. The summed E-state index contributed by atoms with van der Waals surface area (Å²) < 4.78 is 0. The highest BCUT2D eigenvalue weighted by Crippen LogP contribution is 2.33. The Labute approximate surface area is 90.6 Å². The van der Waals surface area contributed by atoms with Crippen molar-refractivity contribution < 1.29 is 10.2 Å². The van der Waals surface area contributed by atoms with Gasteiger partial charge in [-0.2, -0.15) is 0 Å². The van der Waals surface area contributed by atoms with Crippen LogP contribution in [0.15, 0.2) is 35.6 Å². The van der Waals surface area contributed by atoms with Gasteiger partial charge in [0.2, 0.25) is 0 Å². The number of aliphatic hydroxyl groups excluding tert-OH is 2. The summed E-state index contributed by atoms with van der Waals surface area (Å²) in [6.07, 6.45) is 12.5. The van der Waals surface area contributed by atoms with Gasteiger partial charge in [-0.25, -0.2) is 0 Å². The molecule has 0 aliphatic heterocycles. The van der Waals surface area contributed by atoms with E-state index in [-0.39, 0.29) is 5.76 Å². The third-order valence-corrected chi connectivity index (χ3v) is 3.30. The van der Waals surface area contributed by atoms with Gasteiger partial charge in [-0.1, -0.05) is 37.5 Å². The SMILES string of the molecule is OC1=C(C2CCCCC2)C=CC=CC1O. The predicted octanol–water partition coefficient (Wildman–Crippen LogP) is 2.87. The molecular weight excluding hydrogens is 188 g/mol. The van der Waals surface area contributed by atoms with Gasteiger partial charge >= 0.3 is 0 Å². The lowest BCUT2D eigenvalue weighted by molar-refractivity contribution is 0.187. The Balaban J connectivity index is 2.21. The Kier molecular flexibility index (Phi) is 3.27. The minimum Gasteiger partial charge on any atom is -0.509 e. The molecule has 0 radical (unpaired) electrons. The molecule has 1 unspecified atom stereocenters. The molecule has 0 heterocycles. The molecule has 2 aliphatic carbocycles. The van der Waals surface area contributed by atoms with Crippen molar-refractivity contribution >= 4 is 0 Å². The standard InChI is InChI=1S/C13H18O2/c14-12-9-5-4-8-11(13(12)15)10-6-2-1-3-7-10/h4-5,8-10,12,14-15H,1-3,6-7H2. The second kappa shape index (κ2) is 4.67. The lowest BCUT2D eigenvalue weighted by Crippen LogP contribution is -2.15. The third-order valence-electron chi connectivity index (χ3n) is 3.30. The molecule has 82 valence electrons. The van der Waals surface area contributed by atoms with Crippen LogP contribution in [0.25, 0.3) is 0 Å². The summed E-state index contributed by atoms with van der Waals surface area (Å²) in [7, 11) is 0. The molecule has 1 saturated carbocycles. The Morgan fingerprint density at radius 3 is 2.53 bits per heavy atom. The molecule has 15 heavy (non-hydrogen) atoms. The second-order valence-corrected chi connectivity index (χ2v) is 4.36. The van der Waals surface area contributed by atoms with Crippen LogP contribution in [0, 0.1) is 5.92 Å². The zero-order valence-corrected chi connectivity index (χ0v) is 8.89. The van der Waals surface area contributed by atoms with Crippen LogP contribution in [0.1, 0.15) is 32.1 Å². The minimum atomic E-state index is -0.822. The number of aliphatic hydroxyl groups is 2. The van der Waals surface area contributed by atoms with Crippen molar-refractivity contribution in [2.24, 2.45) is 5.92 Å². The molecule has 0 saturated heterocycles. The van der Waals surface area contributed by atoms with E-state index in [0.717, 1.165) is 18.4 Å². The normalized spacial score (nSPS) is 28.2. The van der Waals surface area contributed by atoms with E-state index in [1.54, 1.807) is 12.2 Å². The van der Waals surface area contributed by atoms with Gasteiger partial charge in [0.05, 0.1) is 0 Å². The fourth-order valence-corrected chi connectivity index (χ4v) is 2.43. The summed E-state index contributed by atoms with van der Waals surface area (Å²) in [6, 6.07) is 0. The average molecular weight is 206 g/mol. The molecule has 1 atom stereocenters. The predicted molar refractivity (Wildman–Crippen MR) is 60.5 cm³/mol. The van der Waals surface area contributed by atoms with E-state index in [9.17, 15) is 10.2 Å². The van der Waals surface area contributed by atoms with Crippen molar-refractivity contribution in [3.8, 4) is 0 Å². The van der Waals surface area contributed by atoms with Crippen molar-refractivity contribution in [2.75, 3.05) is 0 Å². The summed E-state index contributed by atoms with van der Waals surface area (Å²) in [4.78, 5) is 0. The lowest BCUT2D eigenvalue weighted by Gasteiger charge is -2.24. The summed E-state index contributed by atoms with van der Waals surface area (Å²) in [5.41, 5.74) is 0.937. The maximum atomic E-state index is 9.90. The van der Waals surface area contributed by atoms with Crippen LogP contribution in [0.5, 0.6) is 0 Å². The van der Waals surface area contributed by atoms with Crippen molar-refractivity contribution in [2.45, 2.75) is 38.2 Å². The second-order valence-electron chi connectivity index (χ2n) is 4.36. The fourth-order valence-electron chi connectivity index (χ4n) is 2.43. The summed E-state index contributed by atoms with van der Waals surface area (Å²) >= 11 is 0. The van der Waals surface area contributed by atoms with Gasteiger partial charge in [-0.3, -0.25) is 0 Å². The van der Waals surface area contributed by atoms with Crippen LogP contribution < -0.4 is 0 Å². The van der Waals surface area contributed by atoms with E-state index in [1.807, 2.05) is 12.2 Å². The van der Waals surface area contributed by atoms with Gasteiger partial charge in [-0.15, -0.1) is 0 Å². The molecule has 0 aromatic heterocycles. The summed E-state index contributed by atoms with van der Waals surface area (Å²) in [6.45, 7) is 0. The summed E-state index contributed by atoms with van der Waals surface area (Å²) in [5.74, 6) is 0.580. The molecular formula is C13H18O2. The molecule has 2 N–H and O–H groups in total. The van der Waals surface area contributed by atoms with Crippen LogP contribution >= 0.6 is 0 Å². The fraction of sp³-hybridized carbons (Fsp3) is 0.538. The van der Waals surface area contributed by atoms with Crippen molar-refractivity contribution in [3.05, 3.63) is 35.6 Å². The molecule has 0 amide bonds. The third kappa shape index (κ3) is 2.32. The molecule has 1 fully saturated rings. The Morgan fingerprint density at radius 1 is 1.07 bits per heavy atom. The van der Waals surface area contributed by atoms with Crippen molar-refractivity contribution in [1.82, 2.24) is 0 Å². The molecule has 2 heteroatoms. The molecule has 2 aliphatic rings. The van der Waals surface area contributed by atoms with Gasteiger partial charge in [0.1, 0.15) is 11.9 Å². The van der Waals surface area contributed by atoms with E-state index in [0.29, 0.717) is 5.92 Å². The smallest absolute Gasteiger partial charge is 0.129 e. The number of rotatable bonds is 1. The van der Waals surface area contributed by atoms with Gasteiger partial charge < -0.3 is 10.2 Å². The Hall–Kier alpha value is -1.02. The maximum absolute atomic E-state index is 9.90. The molecule has 2 nitrogen and oxygen atoms in total. The first-order valence-electron chi connectivity index (χ1n) is 5.75. The quantitative estimate of drug-likeness (QED) is 0.692. The first-order valence-corrected chi connectivity index (χ1v) is 5.75. The van der Waals surface area contributed by atoms with Crippen molar-refractivity contribution in [1.29, 1.82) is 0 Å². The molecule has 0 spiro atoms. The largest absolute Gasteiger partial charge is 0.509 e. The van der Waals surface area contributed by atoms with E-state index in [4.69, 9.17) is 0 Å². The lowest BCUT2D eigenvalue weighted by atomic mass is 9.82. The highest BCUT2D eigenvalue weighted by atomic mass is 16.3. The van der Waals surface area contributed by atoms with Gasteiger partial charge in [0.15, 0.2) is 0 Å². The average Bonchev–Trinajstić information content (AvgIpc) is 2.44. The van der Waals surface area contributed by atoms with Crippen molar-refractivity contribution in [3.63, 3.8) is 0 Å². The number of hydrogen-bond donors (Lipinski definition) is 2.